The lowest BCUT2D eigenvalue weighted by atomic mass is 10.1. The van der Waals surface area contributed by atoms with Crippen LogP contribution < -0.4 is 10.0 Å². The smallest absolute Gasteiger partial charge is 0.241 e. The predicted molar refractivity (Wildman–Crippen MR) is 93.2 cm³/mol. The fourth-order valence-corrected chi connectivity index (χ4v) is 4.15. The van der Waals surface area contributed by atoms with Crippen LogP contribution in [0, 0.1) is 0 Å². The number of amides is 1. The largest absolute Gasteiger partial charge is 0.326 e. The molecule has 0 unspecified atom stereocenters. The van der Waals surface area contributed by atoms with E-state index in [2.05, 4.69) is 10.0 Å². The quantitative estimate of drug-likeness (QED) is 0.868. The topological polar surface area (TPSA) is 75.3 Å². The maximum absolute atomic E-state index is 12.3. The Morgan fingerprint density at radius 1 is 1.17 bits per heavy atom. The van der Waals surface area contributed by atoms with E-state index in [0.717, 1.165) is 4.88 Å². The SMILES string of the molecule is CC(C)(C)NS(=O)(=O)c1cccc(NC(=O)Cc2cccs2)c1. The second-order valence-electron chi connectivity index (χ2n) is 6.19. The molecule has 2 aromatic rings. The van der Waals surface area contributed by atoms with Crippen molar-refractivity contribution in [2.45, 2.75) is 37.6 Å². The molecule has 0 saturated carbocycles. The van der Waals surface area contributed by atoms with Crippen molar-refractivity contribution in [2.75, 3.05) is 5.32 Å². The van der Waals surface area contributed by atoms with Crippen LogP contribution in [0.25, 0.3) is 0 Å². The van der Waals surface area contributed by atoms with E-state index < -0.39 is 15.6 Å². The van der Waals surface area contributed by atoms with Crippen LogP contribution in [0.15, 0.2) is 46.7 Å². The Kier molecular flexibility index (Phi) is 5.23. The van der Waals surface area contributed by atoms with Crippen LogP contribution in [0.2, 0.25) is 0 Å². The summed E-state index contributed by atoms with van der Waals surface area (Å²) >= 11 is 1.51. The molecule has 1 heterocycles. The first-order valence-corrected chi connectivity index (χ1v) is 9.48. The molecule has 23 heavy (non-hydrogen) atoms. The van der Waals surface area contributed by atoms with Gasteiger partial charge >= 0.3 is 0 Å². The first-order chi connectivity index (χ1) is 10.7. The van der Waals surface area contributed by atoms with Crippen molar-refractivity contribution in [1.29, 1.82) is 0 Å². The predicted octanol–water partition coefficient (Wildman–Crippen LogP) is 3.01. The minimum Gasteiger partial charge on any atom is -0.326 e. The second kappa shape index (κ2) is 6.82. The maximum atomic E-state index is 12.3. The van der Waals surface area contributed by atoms with Gasteiger partial charge in [0.05, 0.1) is 11.3 Å². The Morgan fingerprint density at radius 2 is 1.91 bits per heavy atom. The van der Waals surface area contributed by atoms with Crippen molar-refractivity contribution in [3.63, 3.8) is 0 Å². The van der Waals surface area contributed by atoms with Crippen molar-refractivity contribution in [3.05, 3.63) is 46.7 Å². The highest BCUT2D eigenvalue weighted by Gasteiger charge is 2.22. The number of carbonyl (C=O) groups excluding carboxylic acids is 1. The molecular weight excluding hydrogens is 332 g/mol. The Hall–Kier alpha value is -1.70. The summed E-state index contributed by atoms with van der Waals surface area (Å²) in [5.74, 6) is -0.175. The molecule has 1 aromatic carbocycles. The molecule has 0 aliphatic rings. The van der Waals surface area contributed by atoms with E-state index in [1.54, 1.807) is 32.9 Å². The monoisotopic (exact) mass is 352 g/mol. The fraction of sp³-hybridized carbons (Fsp3) is 0.312. The van der Waals surface area contributed by atoms with Crippen molar-refractivity contribution in [1.82, 2.24) is 4.72 Å². The zero-order chi connectivity index (χ0) is 17.1. The lowest BCUT2D eigenvalue weighted by Crippen LogP contribution is -2.40. The number of sulfonamides is 1. The van der Waals surface area contributed by atoms with Crippen molar-refractivity contribution in [3.8, 4) is 0 Å². The van der Waals surface area contributed by atoms with Gasteiger partial charge in [-0.3, -0.25) is 4.79 Å². The summed E-state index contributed by atoms with van der Waals surface area (Å²) in [5.41, 5.74) is -0.111. The molecule has 0 bridgehead atoms. The lowest BCUT2D eigenvalue weighted by molar-refractivity contribution is -0.115. The van der Waals surface area contributed by atoms with Gasteiger partial charge < -0.3 is 5.32 Å². The van der Waals surface area contributed by atoms with E-state index in [1.807, 2.05) is 17.5 Å². The molecule has 0 saturated heterocycles. The molecule has 2 N–H and O–H groups in total. The fourth-order valence-electron chi connectivity index (χ4n) is 1.98. The molecule has 0 spiro atoms. The van der Waals surface area contributed by atoms with Crippen LogP contribution in [0.1, 0.15) is 25.6 Å². The number of nitrogens with one attached hydrogen (secondary N) is 2. The van der Waals surface area contributed by atoms with E-state index in [0.29, 0.717) is 5.69 Å². The summed E-state index contributed by atoms with van der Waals surface area (Å²) in [6, 6.07) is 10.0. The molecule has 2 rings (SSSR count). The maximum Gasteiger partial charge on any atom is 0.241 e. The van der Waals surface area contributed by atoms with Gasteiger partial charge in [0.1, 0.15) is 0 Å². The molecule has 5 nitrogen and oxygen atoms in total. The average Bonchev–Trinajstić information content (AvgIpc) is 2.89. The van der Waals surface area contributed by atoms with Crippen molar-refractivity contribution in [2.24, 2.45) is 0 Å². The number of anilines is 1. The van der Waals surface area contributed by atoms with Gasteiger partial charge in [-0.1, -0.05) is 12.1 Å². The minimum atomic E-state index is -3.63. The summed E-state index contributed by atoms with van der Waals surface area (Å²) in [6.07, 6.45) is 0.273. The van der Waals surface area contributed by atoms with Crippen LogP contribution in [0.3, 0.4) is 0 Å². The Bertz CT molecular complexity index is 776. The number of hydrogen-bond acceptors (Lipinski definition) is 4. The van der Waals surface area contributed by atoms with Crippen molar-refractivity contribution < 1.29 is 13.2 Å². The summed E-state index contributed by atoms with van der Waals surface area (Å²) in [5, 5.41) is 4.64. The zero-order valence-corrected chi connectivity index (χ0v) is 14.9. The average molecular weight is 352 g/mol. The Labute approximate surface area is 140 Å². The molecule has 7 heteroatoms. The molecule has 0 fully saturated rings. The standard InChI is InChI=1S/C16H20N2O3S2/c1-16(2,3)18-23(20,21)14-8-4-6-12(10-14)17-15(19)11-13-7-5-9-22-13/h4-10,18H,11H2,1-3H3,(H,17,19). The van der Waals surface area contributed by atoms with Crippen LogP contribution in [-0.4, -0.2) is 19.9 Å². The van der Waals surface area contributed by atoms with E-state index in [4.69, 9.17) is 0 Å². The Balaban J connectivity index is 2.12. The van der Waals surface area contributed by atoms with E-state index in [1.165, 1.54) is 23.5 Å². The second-order valence-corrected chi connectivity index (χ2v) is 8.90. The van der Waals surface area contributed by atoms with Gasteiger partial charge in [0.2, 0.25) is 15.9 Å². The van der Waals surface area contributed by atoms with Gasteiger partial charge in [0, 0.05) is 16.1 Å². The van der Waals surface area contributed by atoms with Crippen LogP contribution in [0.5, 0.6) is 0 Å². The highest BCUT2D eigenvalue weighted by atomic mass is 32.2. The third-order valence-electron chi connectivity index (χ3n) is 2.78. The molecule has 0 aliphatic heterocycles. The van der Waals surface area contributed by atoms with E-state index in [-0.39, 0.29) is 17.2 Å². The van der Waals surface area contributed by atoms with Crippen molar-refractivity contribution >= 4 is 33.0 Å². The number of hydrogen-bond donors (Lipinski definition) is 2. The van der Waals surface area contributed by atoms with E-state index >= 15 is 0 Å². The van der Waals surface area contributed by atoms with Gasteiger partial charge in [-0.05, 0) is 50.4 Å². The van der Waals surface area contributed by atoms with Crippen LogP contribution >= 0.6 is 11.3 Å². The van der Waals surface area contributed by atoms with Crippen LogP contribution in [0.4, 0.5) is 5.69 Å². The van der Waals surface area contributed by atoms with Gasteiger partial charge in [0.15, 0.2) is 0 Å². The third-order valence-corrected chi connectivity index (χ3v) is 5.42. The van der Waals surface area contributed by atoms with Crippen LogP contribution in [-0.2, 0) is 21.2 Å². The summed E-state index contributed by atoms with van der Waals surface area (Å²) in [7, 11) is -3.63. The highest BCUT2D eigenvalue weighted by Crippen LogP contribution is 2.18. The lowest BCUT2D eigenvalue weighted by Gasteiger charge is -2.20. The molecule has 1 amide bonds. The van der Waals surface area contributed by atoms with Gasteiger partial charge in [-0.25, -0.2) is 13.1 Å². The van der Waals surface area contributed by atoms with Gasteiger partial charge in [-0.15, -0.1) is 11.3 Å². The molecule has 0 radical (unpaired) electrons. The zero-order valence-electron chi connectivity index (χ0n) is 13.3. The number of carbonyl (C=O) groups is 1. The summed E-state index contributed by atoms with van der Waals surface area (Å²) in [6.45, 7) is 5.33. The number of thiophene rings is 1. The third kappa shape index (κ3) is 5.46. The Morgan fingerprint density at radius 3 is 2.52 bits per heavy atom. The molecule has 0 atom stereocenters. The number of rotatable bonds is 5. The van der Waals surface area contributed by atoms with Gasteiger partial charge in [-0.2, -0.15) is 0 Å². The normalized spacial score (nSPS) is 12.1. The van der Waals surface area contributed by atoms with E-state index in [9.17, 15) is 13.2 Å². The molecule has 0 aliphatic carbocycles. The first-order valence-electron chi connectivity index (χ1n) is 7.12. The summed E-state index contributed by atoms with van der Waals surface area (Å²) in [4.78, 5) is 13.1. The minimum absolute atomic E-state index is 0.126. The highest BCUT2D eigenvalue weighted by molar-refractivity contribution is 7.89. The molecule has 124 valence electrons. The summed E-state index contributed by atoms with van der Waals surface area (Å²) < 4.78 is 27.2. The number of benzene rings is 1. The van der Waals surface area contributed by atoms with Gasteiger partial charge in [0.25, 0.3) is 0 Å². The molecular formula is C16H20N2O3S2. The molecule has 1 aromatic heterocycles. The first kappa shape index (κ1) is 17.7.